The summed E-state index contributed by atoms with van der Waals surface area (Å²) < 4.78 is 34.3. The molecule has 19 heteroatoms. The molecule has 3 rings (SSSR count). The van der Waals surface area contributed by atoms with Crippen LogP contribution in [-0.2, 0) is 33.2 Å². The molecule has 12 N–H and O–H groups in total. The predicted molar refractivity (Wildman–Crippen MR) is 369 cm³/mol. The first-order chi connectivity index (χ1) is 45.8. The molecule has 94 heavy (non-hydrogen) atoms. The van der Waals surface area contributed by atoms with Gasteiger partial charge in [0, 0.05) is 6.42 Å². The summed E-state index contributed by atoms with van der Waals surface area (Å²) in [4.78, 5) is 13.4. The van der Waals surface area contributed by atoms with Gasteiger partial charge in [-0.2, -0.15) is 0 Å². The standard InChI is InChI=1S/C75H139NO18/c1-3-5-7-9-11-13-15-16-17-18-19-20-21-22-23-24-25-26-27-28-29-30-31-32-33-34-35-36-37-38-39-40-41-42-43-45-47-49-51-53-63(81)76-58(59(80)52-50-48-46-44-14-12-10-8-6-4-2)57-89-73-69(87)66(84)71(61(55-78)91-73)94-75-70(88)67(85)72(62(56-79)92-75)93-74-68(86)65(83)64(82)60(54-77)90-74/h6,8,14,44,50,52,58-62,64-75,77-80,82-88H,3-5,7,9-13,15-43,45-49,51,53-57H2,1-2H3,(H,76,81)/b8-6+,44-14+,52-50+. The molecule has 0 aliphatic carbocycles. The Labute approximate surface area is 568 Å². The molecule has 0 aromatic carbocycles. The van der Waals surface area contributed by atoms with Crippen molar-refractivity contribution in [3.05, 3.63) is 36.5 Å². The van der Waals surface area contributed by atoms with Gasteiger partial charge in [-0.05, 0) is 38.5 Å². The maximum atomic E-state index is 13.4. The number of amides is 1. The number of carbonyl (C=O) groups is 1. The van der Waals surface area contributed by atoms with E-state index in [9.17, 15) is 61.0 Å². The third-order valence-corrected chi connectivity index (χ3v) is 19.2. The summed E-state index contributed by atoms with van der Waals surface area (Å²) in [5, 5.41) is 120. The minimum absolute atomic E-state index is 0.235. The number of hydrogen-bond donors (Lipinski definition) is 12. The van der Waals surface area contributed by atoms with Crippen LogP contribution in [0.5, 0.6) is 0 Å². The first-order valence-electron chi connectivity index (χ1n) is 38.2. The summed E-state index contributed by atoms with van der Waals surface area (Å²) in [5.41, 5.74) is 0. The van der Waals surface area contributed by atoms with E-state index >= 15 is 0 Å². The number of unbranched alkanes of at least 4 members (excludes halogenated alkanes) is 40. The van der Waals surface area contributed by atoms with E-state index in [2.05, 4.69) is 43.5 Å². The van der Waals surface area contributed by atoms with Crippen LogP contribution in [0.1, 0.15) is 303 Å². The molecule has 3 heterocycles. The smallest absolute Gasteiger partial charge is 0.220 e. The molecule has 1 amide bonds. The molecule has 0 radical (unpaired) electrons. The maximum Gasteiger partial charge on any atom is 0.220 e. The van der Waals surface area contributed by atoms with Crippen molar-refractivity contribution in [3.63, 3.8) is 0 Å². The average Bonchev–Trinajstić information content (AvgIpc) is 0.787. The highest BCUT2D eigenvalue weighted by Gasteiger charge is 2.53. The Kier molecular flexibility index (Phi) is 52.0. The Balaban J connectivity index is 1.25. The van der Waals surface area contributed by atoms with Gasteiger partial charge in [-0.25, -0.2) is 0 Å². The average molecular weight is 1340 g/mol. The molecule has 0 spiro atoms. The second-order valence-electron chi connectivity index (χ2n) is 27.4. The van der Waals surface area contributed by atoms with Crippen molar-refractivity contribution in [2.45, 2.75) is 407 Å². The second-order valence-corrected chi connectivity index (χ2v) is 27.4. The topological polar surface area (TPSA) is 307 Å². The predicted octanol–water partition coefficient (Wildman–Crippen LogP) is 11.6. The summed E-state index contributed by atoms with van der Waals surface area (Å²) >= 11 is 0. The van der Waals surface area contributed by atoms with Gasteiger partial charge in [0.15, 0.2) is 18.9 Å². The van der Waals surface area contributed by atoms with E-state index in [-0.39, 0.29) is 18.9 Å². The third kappa shape index (κ3) is 37.4. The zero-order chi connectivity index (χ0) is 68.2. The molecule has 3 aliphatic heterocycles. The van der Waals surface area contributed by atoms with Crippen LogP contribution >= 0.6 is 0 Å². The van der Waals surface area contributed by atoms with Gasteiger partial charge in [0.1, 0.15) is 73.2 Å². The fourth-order valence-electron chi connectivity index (χ4n) is 13.1. The van der Waals surface area contributed by atoms with Gasteiger partial charge >= 0.3 is 0 Å². The minimum Gasteiger partial charge on any atom is -0.394 e. The van der Waals surface area contributed by atoms with Crippen molar-refractivity contribution in [2.24, 2.45) is 0 Å². The summed E-state index contributed by atoms with van der Waals surface area (Å²) in [5.74, 6) is -0.287. The van der Waals surface area contributed by atoms with E-state index in [0.29, 0.717) is 12.8 Å². The van der Waals surface area contributed by atoms with Gasteiger partial charge in [0.05, 0.1) is 38.6 Å². The molecular weight excluding hydrogens is 1200 g/mol. The molecule has 17 atom stereocenters. The van der Waals surface area contributed by atoms with Crippen molar-refractivity contribution < 1.29 is 89.4 Å². The van der Waals surface area contributed by atoms with Crippen LogP contribution in [0.3, 0.4) is 0 Å². The van der Waals surface area contributed by atoms with Crippen molar-refractivity contribution in [1.29, 1.82) is 0 Å². The Bertz CT molecular complexity index is 1840. The Morgan fingerprint density at radius 3 is 1.05 bits per heavy atom. The molecule has 19 nitrogen and oxygen atoms in total. The van der Waals surface area contributed by atoms with E-state index < -0.39 is 124 Å². The van der Waals surface area contributed by atoms with Gasteiger partial charge in [-0.1, -0.05) is 294 Å². The highest BCUT2D eigenvalue weighted by molar-refractivity contribution is 5.76. The van der Waals surface area contributed by atoms with Crippen LogP contribution in [-0.4, -0.2) is 193 Å². The van der Waals surface area contributed by atoms with E-state index in [1.54, 1.807) is 6.08 Å². The van der Waals surface area contributed by atoms with E-state index in [4.69, 9.17) is 28.4 Å². The van der Waals surface area contributed by atoms with Gasteiger partial charge in [-0.3, -0.25) is 4.79 Å². The van der Waals surface area contributed by atoms with Gasteiger partial charge in [-0.15, -0.1) is 0 Å². The molecular formula is C75H139NO18. The molecule has 0 aromatic rings. The largest absolute Gasteiger partial charge is 0.394 e. The van der Waals surface area contributed by atoms with Crippen molar-refractivity contribution in [2.75, 3.05) is 26.4 Å². The molecule has 3 aliphatic rings. The van der Waals surface area contributed by atoms with Crippen LogP contribution in [0.4, 0.5) is 0 Å². The first kappa shape index (κ1) is 86.2. The summed E-state index contributed by atoms with van der Waals surface area (Å²) in [7, 11) is 0. The molecule has 552 valence electrons. The van der Waals surface area contributed by atoms with Crippen molar-refractivity contribution >= 4 is 5.91 Å². The summed E-state index contributed by atoms with van der Waals surface area (Å²) in [6.07, 6.45) is 42.2. The molecule has 17 unspecified atom stereocenters. The molecule has 3 saturated heterocycles. The van der Waals surface area contributed by atoms with E-state index in [1.807, 2.05) is 6.08 Å². The van der Waals surface area contributed by atoms with Crippen molar-refractivity contribution in [3.8, 4) is 0 Å². The fraction of sp³-hybridized carbons (Fsp3) is 0.907. The zero-order valence-corrected chi connectivity index (χ0v) is 58.7. The van der Waals surface area contributed by atoms with Gasteiger partial charge in [0.2, 0.25) is 5.91 Å². The Morgan fingerprint density at radius 2 is 0.691 bits per heavy atom. The number of carbonyl (C=O) groups excluding carboxylic acids is 1. The molecule has 0 saturated carbocycles. The number of aliphatic hydroxyl groups excluding tert-OH is 11. The lowest BCUT2D eigenvalue weighted by molar-refractivity contribution is -0.379. The fourth-order valence-corrected chi connectivity index (χ4v) is 13.1. The number of allylic oxidation sites excluding steroid dienone is 5. The lowest BCUT2D eigenvalue weighted by Gasteiger charge is -2.48. The third-order valence-electron chi connectivity index (χ3n) is 19.2. The maximum absolute atomic E-state index is 13.4. The Hall–Kier alpha value is -1.99. The van der Waals surface area contributed by atoms with Crippen LogP contribution in [0, 0.1) is 0 Å². The van der Waals surface area contributed by atoms with E-state index in [1.165, 1.54) is 225 Å². The zero-order valence-electron chi connectivity index (χ0n) is 58.7. The quantitative estimate of drug-likeness (QED) is 0.0199. The highest BCUT2D eigenvalue weighted by Crippen LogP contribution is 2.33. The number of hydrogen-bond acceptors (Lipinski definition) is 18. The second kappa shape index (κ2) is 56.7. The summed E-state index contributed by atoms with van der Waals surface area (Å²) in [6, 6.07) is -0.993. The SMILES string of the molecule is CC/C=C/CC/C=C/CC/C=C/C(O)C(COC1OC(CO)C(OC2OC(CO)C(OC3OC(CO)C(O)C(O)C3O)C(O)C2O)C(O)C1O)NC(=O)CCCCCCCCCCCCCCCCCCCCCCCCCCCCCCCCCCCCCCCCC. The van der Waals surface area contributed by atoms with E-state index in [0.717, 1.165) is 44.9 Å². The Morgan fingerprint density at radius 1 is 0.383 bits per heavy atom. The van der Waals surface area contributed by atoms with Crippen LogP contribution in [0.25, 0.3) is 0 Å². The lowest BCUT2D eigenvalue weighted by atomic mass is 9.96. The summed E-state index contributed by atoms with van der Waals surface area (Å²) in [6.45, 7) is 1.60. The number of aliphatic hydroxyl groups is 11. The number of ether oxygens (including phenoxy) is 6. The van der Waals surface area contributed by atoms with Gasteiger partial charge in [0.25, 0.3) is 0 Å². The highest BCUT2D eigenvalue weighted by atomic mass is 16.8. The minimum atomic E-state index is -1.98. The molecule has 3 fully saturated rings. The number of rotatable bonds is 60. The normalized spacial score (nSPS) is 27.5. The van der Waals surface area contributed by atoms with Crippen LogP contribution in [0.2, 0.25) is 0 Å². The van der Waals surface area contributed by atoms with Crippen molar-refractivity contribution in [1.82, 2.24) is 5.32 Å². The molecule has 0 aromatic heterocycles. The van der Waals surface area contributed by atoms with Gasteiger partial charge < -0.3 is 89.9 Å². The van der Waals surface area contributed by atoms with Crippen LogP contribution in [0.15, 0.2) is 36.5 Å². The first-order valence-corrected chi connectivity index (χ1v) is 38.2. The monoisotopic (exact) mass is 1340 g/mol. The lowest BCUT2D eigenvalue weighted by Crippen LogP contribution is -2.66. The van der Waals surface area contributed by atoms with Crippen LogP contribution < -0.4 is 5.32 Å². The number of nitrogens with one attached hydrogen (secondary N) is 1. The molecule has 0 bridgehead atoms.